The van der Waals surface area contributed by atoms with Crippen LogP contribution in [0.5, 0.6) is 5.75 Å². The molecule has 24 heavy (non-hydrogen) atoms. The number of halogens is 1. The molecule has 0 radical (unpaired) electrons. The fourth-order valence-electron chi connectivity index (χ4n) is 2.02. The summed E-state index contributed by atoms with van der Waals surface area (Å²) >= 11 is 3.36. The molecule has 7 nitrogen and oxygen atoms in total. The van der Waals surface area contributed by atoms with Gasteiger partial charge in [-0.1, -0.05) is 6.07 Å². The first-order chi connectivity index (χ1) is 11.3. The quantitative estimate of drug-likeness (QED) is 0.728. The van der Waals surface area contributed by atoms with Crippen molar-refractivity contribution < 1.29 is 22.7 Å². The third kappa shape index (κ3) is 3.97. The second-order valence-electron chi connectivity index (χ2n) is 4.92. The summed E-state index contributed by atoms with van der Waals surface area (Å²) in [5, 5.41) is 0. The maximum atomic E-state index is 12.2. The highest BCUT2D eigenvalue weighted by Gasteiger charge is 2.20. The summed E-state index contributed by atoms with van der Waals surface area (Å²) in [6.07, 6.45) is 1.35. The normalized spacial score (nSPS) is 11.3. The second-order valence-corrected chi connectivity index (χ2v) is 7.67. The Balaban J connectivity index is 2.12. The summed E-state index contributed by atoms with van der Waals surface area (Å²) in [6.45, 7) is 0.0563. The molecule has 0 saturated heterocycles. The number of rotatable bonds is 6. The summed E-state index contributed by atoms with van der Waals surface area (Å²) < 4.78 is 38.3. The number of nitrogens with zero attached hydrogens (tertiary/aromatic N) is 1. The van der Waals surface area contributed by atoms with Crippen LogP contribution in [0, 0.1) is 0 Å². The van der Waals surface area contributed by atoms with Crippen LogP contribution in [0.2, 0.25) is 0 Å². The van der Waals surface area contributed by atoms with Crippen LogP contribution in [0.25, 0.3) is 0 Å². The number of hydrogen-bond acceptors (Lipinski definition) is 5. The van der Waals surface area contributed by atoms with Gasteiger partial charge in [-0.3, -0.25) is 0 Å². The lowest BCUT2D eigenvalue weighted by atomic mass is 10.2. The summed E-state index contributed by atoms with van der Waals surface area (Å²) in [4.78, 5) is 12.2. The van der Waals surface area contributed by atoms with Gasteiger partial charge in [0.15, 0.2) is 0 Å². The number of hydrogen-bond donors (Lipinski definition) is 1. The molecule has 2 rings (SSSR count). The van der Waals surface area contributed by atoms with Gasteiger partial charge in [0.1, 0.15) is 22.9 Å². The number of sulfonamides is 1. The molecule has 0 aliphatic rings. The van der Waals surface area contributed by atoms with Gasteiger partial charge < -0.3 is 14.0 Å². The number of benzene rings is 1. The first-order valence-electron chi connectivity index (χ1n) is 6.88. The van der Waals surface area contributed by atoms with Crippen molar-refractivity contribution in [2.75, 3.05) is 14.2 Å². The lowest BCUT2D eigenvalue weighted by Crippen LogP contribution is -2.17. The van der Waals surface area contributed by atoms with Crippen LogP contribution in [0.3, 0.4) is 0 Å². The maximum Gasteiger partial charge on any atom is 0.355 e. The number of aryl methyl sites for hydroxylation is 1. The molecule has 0 bridgehead atoms. The molecule has 0 spiro atoms. The molecule has 1 aromatic carbocycles. The highest BCUT2D eigenvalue weighted by atomic mass is 79.9. The second kappa shape index (κ2) is 7.37. The summed E-state index contributed by atoms with van der Waals surface area (Å²) in [7, 11) is 0.835. The largest absolute Gasteiger partial charge is 0.496 e. The lowest BCUT2D eigenvalue weighted by molar-refractivity contribution is 0.0461. The van der Waals surface area contributed by atoms with Crippen LogP contribution in [-0.2, 0) is 28.4 Å². The van der Waals surface area contributed by atoms with E-state index in [9.17, 15) is 13.2 Å². The molecule has 0 saturated carbocycles. The zero-order valence-electron chi connectivity index (χ0n) is 13.4. The van der Waals surface area contributed by atoms with Crippen LogP contribution in [0.1, 0.15) is 16.1 Å². The molecule has 1 aromatic heterocycles. The Kier molecular flexibility index (Phi) is 5.68. The Morgan fingerprint density at radius 3 is 2.62 bits per heavy atom. The van der Waals surface area contributed by atoms with Gasteiger partial charge in [0.2, 0.25) is 10.0 Å². The Hall–Kier alpha value is -1.84. The smallest absolute Gasteiger partial charge is 0.355 e. The first kappa shape index (κ1) is 18.5. The van der Waals surface area contributed by atoms with Crippen LogP contribution in [-0.4, -0.2) is 33.1 Å². The molecule has 1 N–H and O–H groups in total. The van der Waals surface area contributed by atoms with E-state index in [0.29, 0.717) is 5.75 Å². The van der Waals surface area contributed by atoms with E-state index in [1.54, 1.807) is 32.4 Å². The standard InChI is InChI=1S/C15H17BrN2O5S/c1-17-24(20,21)11-7-13(18(2)8-11)15(19)23-9-10-4-5-14(22-3)12(16)6-10/h4-8,17H,9H2,1-3H3. The number of aromatic nitrogens is 1. The van der Waals surface area contributed by atoms with E-state index in [2.05, 4.69) is 20.7 Å². The fraction of sp³-hybridized carbons (Fsp3) is 0.267. The first-order valence-corrected chi connectivity index (χ1v) is 9.15. The fourth-order valence-corrected chi connectivity index (χ4v) is 3.41. The van der Waals surface area contributed by atoms with Crippen molar-refractivity contribution in [2.24, 2.45) is 7.05 Å². The summed E-state index contributed by atoms with van der Waals surface area (Å²) in [5.41, 5.74) is 0.921. The molecule has 1 heterocycles. The minimum Gasteiger partial charge on any atom is -0.496 e. The number of esters is 1. The van der Waals surface area contributed by atoms with Crippen LogP contribution >= 0.6 is 15.9 Å². The van der Waals surface area contributed by atoms with E-state index in [1.165, 1.54) is 23.9 Å². The molecule has 0 amide bonds. The molecule has 0 aliphatic carbocycles. The van der Waals surface area contributed by atoms with Crippen LogP contribution in [0.4, 0.5) is 0 Å². The predicted molar refractivity (Wildman–Crippen MR) is 91.5 cm³/mol. The number of carbonyl (C=O) groups excluding carboxylic acids is 1. The third-order valence-corrected chi connectivity index (χ3v) is 5.36. The van der Waals surface area contributed by atoms with Gasteiger partial charge in [-0.25, -0.2) is 17.9 Å². The average Bonchev–Trinajstić information content (AvgIpc) is 2.95. The van der Waals surface area contributed by atoms with E-state index in [0.717, 1.165) is 10.0 Å². The van der Waals surface area contributed by atoms with Crippen molar-refractivity contribution in [3.8, 4) is 5.75 Å². The van der Waals surface area contributed by atoms with Gasteiger partial charge >= 0.3 is 5.97 Å². The van der Waals surface area contributed by atoms with Crippen molar-refractivity contribution in [2.45, 2.75) is 11.5 Å². The zero-order valence-corrected chi connectivity index (χ0v) is 15.8. The van der Waals surface area contributed by atoms with Crippen molar-refractivity contribution in [1.82, 2.24) is 9.29 Å². The number of nitrogens with one attached hydrogen (secondary N) is 1. The zero-order chi connectivity index (χ0) is 17.9. The minimum absolute atomic E-state index is 0.00615. The lowest BCUT2D eigenvalue weighted by Gasteiger charge is -2.08. The molecule has 0 aliphatic heterocycles. The molecule has 0 atom stereocenters. The molecule has 130 valence electrons. The Morgan fingerprint density at radius 2 is 2.04 bits per heavy atom. The van der Waals surface area contributed by atoms with E-state index >= 15 is 0 Å². The number of ether oxygens (including phenoxy) is 2. The third-order valence-electron chi connectivity index (χ3n) is 3.35. The summed E-state index contributed by atoms with van der Waals surface area (Å²) in [5.74, 6) is 0.0661. The van der Waals surface area contributed by atoms with Crippen molar-refractivity contribution in [3.05, 3.63) is 46.2 Å². The monoisotopic (exact) mass is 416 g/mol. The van der Waals surface area contributed by atoms with Crippen molar-refractivity contribution in [3.63, 3.8) is 0 Å². The Labute approximate surface area is 148 Å². The molecular formula is C15H17BrN2O5S. The average molecular weight is 417 g/mol. The molecular weight excluding hydrogens is 400 g/mol. The topological polar surface area (TPSA) is 86.6 Å². The van der Waals surface area contributed by atoms with Crippen molar-refractivity contribution in [1.29, 1.82) is 0 Å². The summed E-state index contributed by atoms with van der Waals surface area (Å²) in [6, 6.07) is 6.60. The highest BCUT2D eigenvalue weighted by molar-refractivity contribution is 9.10. The van der Waals surface area contributed by atoms with E-state index in [1.807, 2.05) is 0 Å². The van der Waals surface area contributed by atoms with Gasteiger partial charge in [-0.15, -0.1) is 0 Å². The molecule has 0 unspecified atom stereocenters. The van der Waals surface area contributed by atoms with Gasteiger partial charge in [-0.2, -0.15) is 0 Å². The molecule has 2 aromatic rings. The molecule has 9 heteroatoms. The Morgan fingerprint density at radius 1 is 1.33 bits per heavy atom. The maximum absolute atomic E-state index is 12.2. The number of methoxy groups -OCH3 is 1. The van der Waals surface area contributed by atoms with Crippen molar-refractivity contribution >= 4 is 31.9 Å². The van der Waals surface area contributed by atoms with E-state index in [4.69, 9.17) is 9.47 Å². The highest BCUT2D eigenvalue weighted by Crippen LogP contribution is 2.26. The SMILES string of the molecule is CNS(=O)(=O)c1cc(C(=O)OCc2ccc(OC)c(Br)c2)n(C)c1. The number of carbonyl (C=O) groups is 1. The van der Waals surface area contributed by atoms with E-state index in [-0.39, 0.29) is 17.2 Å². The predicted octanol–water partition coefficient (Wildman–Crippen LogP) is 2.06. The van der Waals surface area contributed by atoms with Crippen LogP contribution in [0.15, 0.2) is 39.8 Å². The minimum atomic E-state index is -3.61. The van der Waals surface area contributed by atoms with Gasteiger partial charge in [-0.05, 0) is 46.7 Å². The van der Waals surface area contributed by atoms with Crippen LogP contribution < -0.4 is 9.46 Å². The van der Waals surface area contributed by atoms with Gasteiger partial charge in [0, 0.05) is 13.2 Å². The van der Waals surface area contributed by atoms with Gasteiger partial charge in [0.25, 0.3) is 0 Å². The van der Waals surface area contributed by atoms with E-state index < -0.39 is 16.0 Å². The Bertz CT molecular complexity index is 861. The molecule has 0 fully saturated rings. The van der Waals surface area contributed by atoms with Gasteiger partial charge in [0.05, 0.1) is 11.6 Å².